The lowest BCUT2D eigenvalue weighted by Gasteiger charge is -2.04. The third-order valence-corrected chi connectivity index (χ3v) is 5.58. The van der Waals surface area contributed by atoms with E-state index in [-0.39, 0.29) is 40.5 Å². The van der Waals surface area contributed by atoms with Crippen molar-refractivity contribution in [3.05, 3.63) is 59.0 Å². The predicted molar refractivity (Wildman–Crippen MR) is 143 cm³/mol. The van der Waals surface area contributed by atoms with E-state index in [1.807, 2.05) is 0 Å². The molecule has 0 spiro atoms. The fourth-order valence-electron chi connectivity index (χ4n) is 3.41. The van der Waals surface area contributed by atoms with Gasteiger partial charge in [-0.2, -0.15) is 0 Å². The maximum absolute atomic E-state index is 12.9. The Labute approximate surface area is 225 Å². The number of imidazole rings is 1. The molecule has 3 aromatic heterocycles. The summed E-state index contributed by atoms with van der Waals surface area (Å²) in [4.78, 5) is 64.7. The Balaban J connectivity index is 1.66. The Hall–Kier alpha value is -4.66. The number of nitrogens with one attached hydrogen (secondary N) is 4. The van der Waals surface area contributed by atoms with Crippen molar-refractivity contribution in [2.45, 2.75) is 6.42 Å². The number of nitrogens with zero attached hydrogens (tertiary/aromatic N) is 4. The number of aryl methyl sites for hydroxylation is 3. The highest BCUT2D eigenvalue weighted by molar-refractivity contribution is 9.12. The third-order valence-electron chi connectivity index (χ3n) is 5.22. The molecule has 3 rings (SSSR count). The highest BCUT2D eigenvalue weighted by Crippen LogP contribution is 2.19. The van der Waals surface area contributed by atoms with E-state index in [0.29, 0.717) is 11.4 Å². The summed E-state index contributed by atoms with van der Waals surface area (Å²) in [6.07, 6.45) is 4.60. The second kappa shape index (κ2) is 11.6. The van der Waals surface area contributed by atoms with Gasteiger partial charge in [-0.1, -0.05) is 6.58 Å². The van der Waals surface area contributed by atoms with E-state index < -0.39 is 29.5 Å². The van der Waals surface area contributed by atoms with E-state index in [1.54, 1.807) is 33.5 Å². The second-order valence-corrected chi connectivity index (χ2v) is 9.21. The summed E-state index contributed by atoms with van der Waals surface area (Å²) in [5.74, 6) is -2.29. The van der Waals surface area contributed by atoms with Gasteiger partial charge in [0.05, 0.1) is 15.9 Å². The molecule has 14 nitrogen and oxygen atoms in total. The van der Waals surface area contributed by atoms with Gasteiger partial charge in [0.2, 0.25) is 11.7 Å². The van der Waals surface area contributed by atoms with Gasteiger partial charge in [0.1, 0.15) is 11.4 Å². The molecule has 0 aliphatic rings. The second-order valence-electron chi connectivity index (χ2n) is 8.25. The Morgan fingerprint density at radius 2 is 1.42 bits per heavy atom. The van der Waals surface area contributed by atoms with Gasteiger partial charge in [-0.25, -0.2) is 4.98 Å². The molecule has 15 heteroatoms. The van der Waals surface area contributed by atoms with Crippen LogP contribution in [0.15, 0.2) is 41.8 Å². The van der Waals surface area contributed by atoms with Crippen LogP contribution < -0.4 is 27.0 Å². The summed E-state index contributed by atoms with van der Waals surface area (Å²) < 4.78 is 4.61. The zero-order valence-electron chi connectivity index (χ0n) is 20.8. The lowest BCUT2D eigenvalue weighted by atomic mass is 10.3. The molecule has 0 saturated carbocycles. The van der Waals surface area contributed by atoms with Gasteiger partial charge in [-0.3, -0.25) is 24.0 Å². The average Bonchev–Trinajstić information content (AvgIpc) is 3.49. The molecular weight excluding hydrogens is 562 g/mol. The molecule has 0 saturated heterocycles. The van der Waals surface area contributed by atoms with Crippen molar-refractivity contribution in [2.24, 2.45) is 26.9 Å². The molecule has 0 aliphatic heterocycles. The van der Waals surface area contributed by atoms with Gasteiger partial charge in [-0.05, 0) is 28.1 Å². The molecule has 0 unspecified atom stereocenters. The van der Waals surface area contributed by atoms with Crippen LogP contribution in [0, 0.1) is 0 Å². The zero-order valence-corrected chi connectivity index (χ0v) is 22.4. The molecule has 5 amide bonds. The van der Waals surface area contributed by atoms with Crippen LogP contribution >= 0.6 is 15.9 Å². The molecule has 38 heavy (non-hydrogen) atoms. The van der Waals surface area contributed by atoms with Crippen LogP contribution in [0.1, 0.15) is 38.0 Å². The van der Waals surface area contributed by atoms with Crippen molar-refractivity contribution in [2.75, 3.05) is 22.5 Å². The lowest BCUT2D eigenvalue weighted by Crippen LogP contribution is -2.29. The van der Waals surface area contributed by atoms with Gasteiger partial charge < -0.3 is 40.7 Å². The first-order chi connectivity index (χ1) is 17.8. The Morgan fingerprint density at radius 3 is 1.97 bits per heavy atom. The fraction of sp³-hybridized carbons (Fsp3) is 0.217. The van der Waals surface area contributed by atoms with Gasteiger partial charge in [-0.15, -0.1) is 0 Å². The van der Waals surface area contributed by atoms with Crippen molar-refractivity contribution in [1.82, 2.24) is 24.0 Å². The minimum Gasteiger partial charge on any atom is -0.370 e. The molecule has 200 valence electrons. The molecule has 0 bridgehead atoms. The summed E-state index contributed by atoms with van der Waals surface area (Å²) in [5, 5.41) is 10.5. The van der Waals surface area contributed by atoms with E-state index in [0.717, 1.165) is 0 Å². The van der Waals surface area contributed by atoms with Gasteiger partial charge >= 0.3 is 0 Å². The molecule has 3 heterocycles. The first-order valence-corrected chi connectivity index (χ1v) is 11.9. The predicted octanol–water partition coefficient (Wildman–Crippen LogP) is 1.05. The minimum atomic E-state index is -0.557. The zero-order chi connectivity index (χ0) is 28.1. The third kappa shape index (κ3) is 6.76. The first-order valence-electron chi connectivity index (χ1n) is 11.1. The van der Waals surface area contributed by atoms with Crippen LogP contribution in [-0.2, 0) is 30.7 Å². The number of amides is 5. The van der Waals surface area contributed by atoms with Crippen LogP contribution in [0.5, 0.6) is 0 Å². The van der Waals surface area contributed by atoms with Crippen LogP contribution in [0.25, 0.3) is 0 Å². The standard InChI is InChI=1S/C23H26BrN9O5/c1-12(24)20(35)30-18-11-33(4)19(29-18)23(38)28-14-8-16(32(3)10-14)22(37)27-13-7-15(31(2)9-13)21(36)26-6-5-17(25)34/h7-11H,1,5-6H2,2-4H3,(H2,25,34)(H,26,36)(H,27,37)(H,28,38)(H,30,35). The number of aromatic nitrogens is 4. The molecule has 0 aromatic carbocycles. The number of rotatable bonds is 10. The van der Waals surface area contributed by atoms with Crippen molar-refractivity contribution in [3.8, 4) is 0 Å². The molecule has 3 aromatic rings. The van der Waals surface area contributed by atoms with E-state index in [4.69, 9.17) is 5.73 Å². The molecule has 0 radical (unpaired) electrons. The Bertz CT molecular complexity index is 1450. The lowest BCUT2D eigenvalue weighted by molar-refractivity contribution is -0.118. The summed E-state index contributed by atoms with van der Waals surface area (Å²) in [6, 6.07) is 2.97. The summed E-state index contributed by atoms with van der Waals surface area (Å²) in [6.45, 7) is 3.57. The van der Waals surface area contributed by atoms with Gasteiger partial charge in [0.15, 0.2) is 5.82 Å². The van der Waals surface area contributed by atoms with Crippen LogP contribution in [0.2, 0.25) is 0 Å². The maximum Gasteiger partial charge on any atom is 0.291 e. The summed E-state index contributed by atoms with van der Waals surface area (Å²) in [7, 11) is 4.87. The number of hydrogen-bond acceptors (Lipinski definition) is 6. The molecule has 0 aliphatic carbocycles. The molecular formula is C23H26BrN9O5. The van der Waals surface area contributed by atoms with E-state index in [9.17, 15) is 24.0 Å². The van der Waals surface area contributed by atoms with Gasteiger partial charge in [0, 0.05) is 52.7 Å². The van der Waals surface area contributed by atoms with Crippen molar-refractivity contribution in [1.29, 1.82) is 0 Å². The smallest absolute Gasteiger partial charge is 0.291 e. The number of carbonyl (C=O) groups is 5. The van der Waals surface area contributed by atoms with Crippen molar-refractivity contribution < 1.29 is 24.0 Å². The topological polar surface area (TPSA) is 187 Å². The van der Waals surface area contributed by atoms with E-state index >= 15 is 0 Å². The number of nitrogens with two attached hydrogens (primary N) is 1. The summed E-state index contributed by atoms with van der Waals surface area (Å²) in [5.41, 5.74) is 6.30. The van der Waals surface area contributed by atoms with Crippen LogP contribution in [-0.4, -0.2) is 54.8 Å². The molecule has 6 N–H and O–H groups in total. The number of anilines is 3. The van der Waals surface area contributed by atoms with Crippen LogP contribution in [0.3, 0.4) is 0 Å². The highest BCUT2D eigenvalue weighted by Gasteiger charge is 2.19. The Morgan fingerprint density at radius 1 is 0.868 bits per heavy atom. The number of hydrogen-bond donors (Lipinski definition) is 5. The maximum atomic E-state index is 12.9. The average molecular weight is 588 g/mol. The van der Waals surface area contributed by atoms with Crippen molar-refractivity contribution >= 4 is 62.7 Å². The van der Waals surface area contributed by atoms with Crippen molar-refractivity contribution in [3.63, 3.8) is 0 Å². The molecule has 0 fully saturated rings. The first kappa shape index (κ1) is 27.9. The highest BCUT2D eigenvalue weighted by atomic mass is 79.9. The number of halogens is 1. The minimum absolute atomic E-state index is 0.0112. The largest absolute Gasteiger partial charge is 0.370 e. The normalized spacial score (nSPS) is 10.5. The Kier molecular flexibility index (Phi) is 8.52. The number of primary amides is 1. The SMILES string of the molecule is C=C(Br)C(=O)Nc1cn(C)c(C(=O)Nc2cc(C(=O)Nc3cc(C(=O)NCCC(N)=O)n(C)c3)n(C)c2)n1. The van der Waals surface area contributed by atoms with Crippen LogP contribution in [0.4, 0.5) is 17.2 Å². The fourth-order valence-corrected chi connectivity index (χ4v) is 3.51. The van der Waals surface area contributed by atoms with E-state index in [1.165, 1.54) is 32.0 Å². The monoisotopic (exact) mass is 587 g/mol. The summed E-state index contributed by atoms with van der Waals surface area (Å²) >= 11 is 2.97. The van der Waals surface area contributed by atoms with E-state index in [2.05, 4.69) is 48.8 Å². The molecule has 0 atom stereocenters. The van der Waals surface area contributed by atoms with Gasteiger partial charge in [0.25, 0.3) is 23.6 Å². The quantitative estimate of drug-likeness (QED) is 0.220. The number of carbonyl (C=O) groups excluding carboxylic acids is 5.